The Morgan fingerprint density at radius 2 is 1.88 bits per heavy atom. The number of ether oxygens (including phenoxy) is 1. The molecule has 3 fully saturated rings. The predicted octanol–water partition coefficient (Wildman–Crippen LogP) is 2.65. The first-order valence-electron chi connectivity index (χ1n) is 13.0. The van der Waals surface area contributed by atoms with Crippen molar-refractivity contribution in [2.45, 2.75) is 83.0 Å². The van der Waals surface area contributed by atoms with Crippen molar-refractivity contribution >= 4 is 0 Å². The minimum Gasteiger partial charge on any atom is -0.394 e. The first kappa shape index (κ1) is 25.3. The second kappa shape index (κ2) is 9.71. The van der Waals surface area contributed by atoms with Crippen molar-refractivity contribution in [3.05, 3.63) is 23.3 Å². The van der Waals surface area contributed by atoms with E-state index in [2.05, 4.69) is 30.9 Å². The molecule has 0 saturated heterocycles. The zero-order chi connectivity index (χ0) is 23.9. The quantitative estimate of drug-likeness (QED) is 0.393. The number of aliphatic hydroxyl groups is 4. The van der Waals surface area contributed by atoms with E-state index in [1.165, 1.54) is 11.1 Å². The summed E-state index contributed by atoms with van der Waals surface area (Å²) in [5.41, 5.74) is 2.05. The van der Waals surface area contributed by atoms with Crippen molar-refractivity contribution in [1.29, 1.82) is 0 Å². The van der Waals surface area contributed by atoms with Gasteiger partial charge in [0.25, 0.3) is 0 Å². The Bertz CT molecular complexity index is 768. The maximum absolute atomic E-state index is 12.1. The maximum Gasteiger partial charge on any atom is 0.0897 e. The van der Waals surface area contributed by atoms with Gasteiger partial charge in [-0.1, -0.05) is 37.1 Å². The largest absolute Gasteiger partial charge is 0.394 e. The van der Waals surface area contributed by atoms with Crippen LogP contribution in [-0.4, -0.2) is 83.1 Å². The summed E-state index contributed by atoms with van der Waals surface area (Å²) < 4.78 is 5.21. The third kappa shape index (κ3) is 4.48. The second-order valence-electron chi connectivity index (χ2n) is 11.7. The normalized spacial score (nSPS) is 41.2. The van der Waals surface area contributed by atoms with E-state index in [1.807, 2.05) is 0 Å². The fraction of sp³-hybridized carbons (Fsp3) is 0.852. The molecule has 6 nitrogen and oxygen atoms in total. The highest BCUT2D eigenvalue weighted by Crippen LogP contribution is 2.65. The van der Waals surface area contributed by atoms with E-state index in [1.54, 1.807) is 7.11 Å². The molecule has 4 aliphatic carbocycles. The lowest BCUT2D eigenvalue weighted by molar-refractivity contribution is -0.106. The smallest absolute Gasteiger partial charge is 0.0897 e. The van der Waals surface area contributed by atoms with Crippen molar-refractivity contribution in [2.75, 3.05) is 40.0 Å². The molecular weight excluding hydrogens is 418 g/mol. The van der Waals surface area contributed by atoms with Gasteiger partial charge in [0.1, 0.15) is 0 Å². The van der Waals surface area contributed by atoms with E-state index in [-0.39, 0.29) is 23.5 Å². The van der Waals surface area contributed by atoms with Crippen molar-refractivity contribution in [2.24, 2.45) is 22.7 Å². The van der Waals surface area contributed by atoms with Gasteiger partial charge in [0, 0.05) is 38.8 Å². The number of aliphatic hydroxyl groups excluding tert-OH is 3. The van der Waals surface area contributed by atoms with Crippen molar-refractivity contribution in [3.8, 4) is 0 Å². The van der Waals surface area contributed by atoms with E-state index in [0.717, 1.165) is 57.9 Å². The highest BCUT2D eigenvalue weighted by atomic mass is 16.5. The summed E-state index contributed by atoms with van der Waals surface area (Å²) in [7, 11) is 1.69. The number of hydrogen-bond donors (Lipinski definition) is 4. The second-order valence-corrected chi connectivity index (χ2v) is 11.7. The lowest BCUT2D eigenvalue weighted by Gasteiger charge is -2.56. The summed E-state index contributed by atoms with van der Waals surface area (Å²) in [6.07, 6.45) is 11.0. The summed E-state index contributed by atoms with van der Waals surface area (Å²) in [5.74, 6) is 0.880. The molecule has 4 aliphatic rings. The van der Waals surface area contributed by atoms with Crippen molar-refractivity contribution < 1.29 is 25.2 Å². The SMILES string of the molecule is COCCCN(CC(O)CO)CC1(O)CCC2C3=CC=C4CC(O)CCC4(C)C3CCC21C. The Morgan fingerprint density at radius 1 is 1.12 bits per heavy atom. The molecule has 0 radical (unpaired) electrons. The molecule has 188 valence electrons. The van der Waals surface area contributed by atoms with Gasteiger partial charge in [-0.25, -0.2) is 0 Å². The molecule has 0 heterocycles. The van der Waals surface area contributed by atoms with Gasteiger partial charge in [0.05, 0.1) is 24.4 Å². The molecule has 0 aliphatic heterocycles. The number of fused-ring (bicyclic) bond motifs is 5. The first-order chi connectivity index (χ1) is 15.7. The molecule has 0 aromatic heterocycles. The summed E-state index contributed by atoms with van der Waals surface area (Å²) in [5, 5.41) is 41.8. The van der Waals surface area contributed by atoms with Gasteiger partial charge < -0.3 is 25.2 Å². The molecule has 6 heteroatoms. The van der Waals surface area contributed by atoms with E-state index < -0.39 is 11.7 Å². The Morgan fingerprint density at radius 3 is 2.61 bits per heavy atom. The molecule has 0 bridgehead atoms. The fourth-order valence-corrected chi connectivity index (χ4v) is 7.75. The van der Waals surface area contributed by atoms with Crippen molar-refractivity contribution in [1.82, 2.24) is 4.90 Å². The number of methoxy groups -OCH3 is 1. The third-order valence-electron chi connectivity index (χ3n) is 9.86. The number of allylic oxidation sites excluding steroid dienone is 3. The van der Waals surface area contributed by atoms with E-state index in [0.29, 0.717) is 31.5 Å². The minimum absolute atomic E-state index is 0.142. The molecule has 0 aromatic carbocycles. The highest BCUT2D eigenvalue weighted by Gasteiger charge is 2.62. The molecule has 4 rings (SSSR count). The van der Waals surface area contributed by atoms with Crippen LogP contribution < -0.4 is 0 Å². The van der Waals surface area contributed by atoms with Crippen LogP contribution in [0.1, 0.15) is 65.2 Å². The fourth-order valence-electron chi connectivity index (χ4n) is 7.75. The van der Waals surface area contributed by atoms with Crippen LogP contribution in [-0.2, 0) is 4.74 Å². The Labute approximate surface area is 199 Å². The summed E-state index contributed by atoms with van der Waals surface area (Å²) >= 11 is 0. The predicted molar refractivity (Wildman–Crippen MR) is 129 cm³/mol. The molecule has 0 spiro atoms. The summed E-state index contributed by atoms with van der Waals surface area (Å²) in [6, 6.07) is 0. The standard InChI is InChI=1S/C27H45NO5/c1-25-10-7-20(30)15-19(25)5-6-22-23(25)8-11-26(2)24(22)9-12-27(26,32)18-28(13-4-14-33-3)16-21(31)17-29/h5-6,20-21,23-24,29-32H,4,7-18H2,1-3H3. The van der Waals surface area contributed by atoms with E-state index in [9.17, 15) is 20.4 Å². The van der Waals surface area contributed by atoms with Crippen LogP contribution in [0.3, 0.4) is 0 Å². The Hall–Kier alpha value is -0.760. The molecule has 0 amide bonds. The van der Waals surface area contributed by atoms with Crippen LogP contribution in [0.5, 0.6) is 0 Å². The number of hydrogen-bond acceptors (Lipinski definition) is 6. The Balaban J connectivity index is 1.55. The lowest BCUT2D eigenvalue weighted by atomic mass is 9.50. The Kier molecular flexibility index (Phi) is 7.46. The van der Waals surface area contributed by atoms with Gasteiger partial charge in [-0.2, -0.15) is 0 Å². The van der Waals surface area contributed by atoms with Crippen LogP contribution in [0.4, 0.5) is 0 Å². The number of nitrogens with zero attached hydrogens (tertiary/aromatic N) is 1. The zero-order valence-electron chi connectivity index (χ0n) is 20.8. The van der Waals surface area contributed by atoms with E-state index >= 15 is 0 Å². The minimum atomic E-state index is -0.820. The van der Waals surface area contributed by atoms with Crippen LogP contribution in [0.15, 0.2) is 23.3 Å². The molecule has 0 aromatic rings. The van der Waals surface area contributed by atoms with Gasteiger partial charge in [0.15, 0.2) is 0 Å². The first-order valence-corrected chi connectivity index (χ1v) is 13.0. The van der Waals surface area contributed by atoms with Crippen LogP contribution >= 0.6 is 0 Å². The maximum atomic E-state index is 12.1. The van der Waals surface area contributed by atoms with Gasteiger partial charge in [-0.3, -0.25) is 4.90 Å². The molecule has 4 N–H and O–H groups in total. The molecule has 3 saturated carbocycles. The number of rotatable bonds is 9. The summed E-state index contributed by atoms with van der Waals surface area (Å²) in [6.45, 7) is 6.66. The van der Waals surface area contributed by atoms with Crippen LogP contribution in [0.25, 0.3) is 0 Å². The zero-order valence-corrected chi connectivity index (χ0v) is 20.8. The highest BCUT2D eigenvalue weighted by molar-refractivity contribution is 5.39. The third-order valence-corrected chi connectivity index (χ3v) is 9.86. The average Bonchev–Trinajstić information content (AvgIpc) is 3.04. The molecule has 33 heavy (non-hydrogen) atoms. The molecule has 7 atom stereocenters. The monoisotopic (exact) mass is 463 g/mol. The van der Waals surface area contributed by atoms with Gasteiger partial charge in [-0.15, -0.1) is 0 Å². The van der Waals surface area contributed by atoms with Crippen LogP contribution in [0, 0.1) is 22.7 Å². The summed E-state index contributed by atoms with van der Waals surface area (Å²) in [4.78, 5) is 2.12. The van der Waals surface area contributed by atoms with Gasteiger partial charge in [0.2, 0.25) is 0 Å². The molecular formula is C27H45NO5. The van der Waals surface area contributed by atoms with Crippen LogP contribution in [0.2, 0.25) is 0 Å². The van der Waals surface area contributed by atoms with Gasteiger partial charge >= 0.3 is 0 Å². The average molecular weight is 464 g/mol. The van der Waals surface area contributed by atoms with E-state index in [4.69, 9.17) is 4.74 Å². The van der Waals surface area contributed by atoms with Gasteiger partial charge in [-0.05, 0) is 68.6 Å². The topological polar surface area (TPSA) is 93.4 Å². The molecule has 7 unspecified atom stereocenters. The van der Waals surface area contributed by atoms with Crippen molar-refractivity contribution in [3.63, 3.8) is 0 Å². The lowest BCUT2D eigenvalue weighted by Crippen LogP contribution is -2.56.